The molecule has 0 radical (unpaired) electrons. The zero-order valence-electron chi connectivity index (χ0n) is 8.40. The predicted octanol–water partition coefficient (Wildman–Crippen LogP) is 3.89. The lowest BCUT2D eigenvalue weighted by molar-refractivity contribution is 1.34. The quantitative estimate of drug-likeness (QED) is 0.618. The molecule has 70 valence electrons. The van der Waals surface area contributed by atoms with Gasteiger partial charge >= 0.3 is 0 Å². The van der Waals surface area contributed by atoms with Crippen molar-refractivity contribution >= 4 is 5.57 Å². The molecule has 0 bridgehead atoms. The van der Waals surface area contributed by atoms with Crippen molar-refractivity contribution in [1.29, 1.82) is 0 Å². The minimum atomic E-state index is 1.03. The van der Waals surface area contributed by atoms with E-state index in [1.54, 1.807) is 0 Å². The molecule has 0 N–H and O–H groups in total. The lowest BCUT2D eigenvalue weighted by atomic mass is 9.98. The maximum atomic E-state index is 2.20. The normalized spacial score (nSPS) is 15.1. The maximum Gasteiger partial charge on any atom is -0.00883 e. The van der Waals surface area contributed by atoms with Crippen molar-refractivity contribution in [2.24, 2.45) is 0 Å². The van der Waals surface area contributed by atoms with E-state index in [-0.39, 0.29) is 0 Å². The third-order valence-corrected chi connectivity index (χ3v) is 2.48. The van der Waals surface area contributed by atoms with Crippen LogP contribution in [0.25, 0.3) is 5.57 Å². The van der Waals surface area contributed by atoms with Crippen molar-refractivity contribution in [3.8, 4) is 0 Å². The summed E-state index contributed by atoms with van der Waals surface area (Å²) < 4.78 is 0. The topological polar surface area (TPSA) is 0 Å². The molecule has 1 aliphatic carbocycles. The fraction of sp³-hybridized carbons (Fsp3) is 0.143. The van der Waals surface area contributed by atoms with Gasteiger partial charge in [-0.25, -0.2) is 0 Å². The van der Waals surface area contributed by atoms with Gasteiger partial charge in [-0.3, -0.25) is 0 Å². The minimum absolute atomic E-state index is 1.03. The van der Waals surface area contributed by atoms with Gasteiger partial charge in [0.05, 0.1) is 0 Å². The van der Waals surface area contributed by atoms with Crippen LogP contribution in [-0.4, -0.2) is 0 Å². The Kier molecular flexibility index (Phi) is 2.64. The molecule has 14 heavy (non-hydrogen) atoms. The number of benzene rings is 1. The summed E-state index contributed by atoms with van der Waals surface area (Å²) in [5.74, 6) is 0. The lowest BCUT2D eigenvalue weighted by Gasteiger charge is -2.07. The second-order valence-corrected chi connectivity index (χ2v) is 3.52. The van der Waals surface area contributed by atoms with Crippen LogP contribution in [0.2, 0.25) is 0 Å². The van der Waals surface area contributed by atoms with E-state index in [0.29, 0.717) is 0 Å². The van der Waals surface area contributed by atoms with Crippen LogP contribution < -0.4 is 0 Å². The van der Waals surface area contributed by atoms with Gasteiger partial charge in [0.25, 0.3) is 0 Å². The van der Waals surface area contributed by atoms with E-state index in [4.69, 9.17) is 0 Å². The van der Waals surface area contributed by atoms with Crippen molar-refractivity contribution in [3.63, 3.8) is 0 Å². The third kappa shape index (κ3) is 1.85. The number of hydrogen-bond acceptors (Lipinski definition) is 0. The standard InChI is InChI=1S/C14H14/c1-12-8-6-7-11-14(12)13-9-4-2-3-5-10-13/h2-9,11H,10H2,1H3. The number of rotatable bonds is 1. The first kappa shape index (κ1) is 9.01. The first-order chi connectivity index (χ1) is 6.88. The van der Waals surface area contributed by atoms with E-state index in [1.807, 2.05) is 0 Å². The van der Waals surface area contributed by atoms with Crippen LogP contribution in [0.5, 0.6) is 0 Å². The van der Waals surface area contributed by atoms with Gasteiger partial charge in [0.1, 0.15) is 0 Å². The minimum Gasteiger partial charge on any atom is -0.0801 e. The van der Waals surface area contributed by atoms with Gasteiger partial charge in [-0.05, 0) is 30.0 Å². The summed E-state index contributed by atoms with van der Waals surface area (Å²) in [7, 11) is 0. The summed E-state index contributed by atoms with van der Waals surface area (Å²) in [5.41, 5.74) is 4.11. The van der Waals surface area contributed by atoms with E-state index in [9.17, 15) is 0 Å². The molecule has 0 nitrogen and oxygen atoms in total. The van der Waals surface area contributed by atoms with Crippen LogP contribution in [0.4, 0.5) is 0 Å². The highest BCUT2D eigenvalue weighted by atomic mass is 14.1. The third-order valence-electron chi connectivity index (χ3n) is 2.48. The molecule has 0 saturated heterocycles. The molecule has 0 heteroatoms. The van der Waals surface area contributed by atoms with Crippen molar-refractivity contribution in [3.05, 3.63) is 65.8 Å². The van der Waals surface area contributed by atoms with Gasteiger partial charge in [-0.2, -0.15) is 0 Å². The highest BCUT2D eigenvalue weighted by Gasteiger charge is 2.02. The Balaban J connectivity index is 2.40. The van der Waals surface area contributed by atoms with E-state index in [0.717, 1.165) is 6.42 Å². The smallest absolute Gasteiger partial charge is 0.00883 e. The molecule has 1 aromatic carbocycles. The highest BCUT2D eigenvalue weighted by molar-refractivity contribution is 5.71. The van der Waals surface area contributed by atoms with Crippen LogP contribution in [-0.2, 0) is 0 Å². The number of hydrogen-bond donors (Lipinski definition) is 0. The van der Waals surface area contributed by atoms with E-state index >= 15 is 0 Å². The Morgan fingerprint density at radius 2 is 1.86 bits per heavy atom. The Morgan fingerprint density at radius 1 is 1.00 bits per heavy atom. The fourth-order valence-electron chi connectivity index (χ4n) is 1.71. The zero-order chi connectivity index (χ0) is 9.80. The SMILES string of the molecule is Cc1ccccc1C1=CC=CC=CC1. The molecule has 0 aliphatic heterocycles. The van der Waals surface area contributed by atoms with Crippen molar-refractivity contribution in [1.82, 2.24) is 0 Å². The zero-order valence-corrected chi connectivity index (χ0v) is 8.40. The average molecular weight is 182 g/mol. The van der Waals surface area contributed by atoms with Gasteiger partial charge in [0, 0.05) is 0 Å². The monoisotopic (exact) mass is 182 g/mol. The molecule has 0 heterocycles. The van der Waals surface area contributed by atoms with Crippen molar-refractivity contribution in [2.45, 2.75) is 13.3 Å². The van der Waals surface area contributed by atoms with E-state index in [2.05, 4.69) is 61.6 Å². The molecule has 0 unspecified atom stereocenters. The van der Waals surface area contributed by atoms with E-state index in [1.165, 1.54) is 16.7 Å². The number of allylic oxidation sites excluding steroid dienone is 6. The summed E-state index contributed by atoms with van der Waals surface area (Å²) in [4.78, 5) is 0. The Bertz CT molecular complexity index is 406. The molecule has 0 amide bonds. The molecule has 0 atom stereocenters. The average Bonchev–Trinajstić information content (AvgIpc) is 2.47. The molecule has 1 aliphatic rings. The summed E-state index contributed by atoms with van der Waals surface area (Å²) in [5, 5.41) is 0. The summed E-state index contributed by atoms with van der Waals surface area (Å²) in [6, 6.07) is 8.53. The van der Waals surface area contributed by atoms with Crippen LogP contribution in [0.3, 0.4) is 0 Å². The second-order valence-electron chi connectivity index (χ2n) is 3.52. The highest BCUT2D eigenvalue weighted by Crippen LogP contribution is 2.23. The second kappa shape index (κ2) is 4.10. The van der Waals surface area contributed by atoms with Gasteiger partial charge in [0.15, 0.2) is 0 Å². The van der Waals surface area contributed by atoms with Gasteiger partial charge in [-0.15, -0.1) is 0 Å². The largest absolute Gasteiger partial charge is 0.0801 e. The van der Waals surface area contributed by atoms with Gasteiger partial charge in [-0.1, -0.05) is 54.6 Å². The van der Waals surface area contributed by atoms with Crippen molar-refractivity contribution < 1.29 is 0 Å². The Morgan fingerprint density at radius 3 is 2.71 bits per heavy atom. The van der Waals surface area contributed by atoms with Gasteiger partial charge < -0.3 is 0 Å². The maximum absolute atomic E-state index is 2.20. The van der Waals surface area contributed by atoms with Crippen LogP contribution in [0.1, 0.15) is 17.5 Å². The Labute approximate surface area is 85.3 Å². The van der Waals surface area contributed by atoms with Crippen LogP contribution >= 0.6 is 0 Å². The van der Waals surface area contributed by atoms with Crippen molar-refractivity contribution in [2.75, 3.05) is 0 Å². The fourth-order valence-corrected chi connectivity index (χ4v) is 1.71. The first-order valence-corrected chi connectivity index (χ1v) is 4.96. The molecular formula is C14H14. The van der Waals surface area contributed by atoms with Crippen LogP contribution in [0, 0.1) is 6.92 Å². The predicted molar refractivity (Wildman–Crippen MR) is 62.1 cm³/mol. The summed E-state index contributed by atoms with van der Waals surface area (Å²) in [6.07, 6.45) is 11.7. The lowest BCUT2D eigenvalue weighted by Crippen LogP contribution is -1.86. The molecule has 0 fully saturated rings. The van der Waals surface area contributed by atoms with Gasteiger partial charge in [0.2, 0.25) is 0 Å². The Hall–Kier alpha value is -1.56. The van der Waals surface area contributed by atoms with Crippen LogP contribution in [0.15, 0.2) is 54.6 Å². The molecular weight excluding hydrogens is 168 g/mol. The summed E-state index contributed by atoms with van der Waals surface area (Å²) in [6.45, 7) is 2.16. The molecule has 0 saturated carbocycles. The first-order valence-electron chi connectivity index (χ1n) is 4.96. The molecule has 0 aromatic heterocycles. The summed E-state index contributed by atoms with van der Waals surface area (Å²) >= 11 is 0. The molecule has 0 spiro atoms. The molecule has 2 rings (SSSR count). The molecule has 1 aromatic rings. The van der Waals surface area contributed by atoms with E-state index < -0.39 is 0 Å². The number of aryl methyl sites for hydroxylation is 1.